The number of carbonyl (C=O) groups is 5. The number of aliphatic carboxylic acids is 1. The molecule has 0 aliphatic carbocycles. The van der Waals surface area contributed by atoms with E-state index in [9.17, 15) is 29.1 Å². The fraction of sp³-hybridized carbons (Fsp3) is 0.750. The first-order valence-electron chi connectivity index (χ1n) is 10.6. The smallest absolute Gasteiger partial charge is 0.326 e. The Morgan fingerprint density at radius 3 is 1.66 bits per heavy atom. The predicted octanol–water partition coefficient (Wildman–Crippen LogP) is -1.80. The number of nitrogens with two attached hydrogens (primary N) is 2. The Morgan fingerprint density at radius 1 is 0.781 bits per heavy atom. The SMILES string of the molecule is CC(C)CC(NC(=O)C(CC(C)C)NC(=O)C(CCC(N)=O)NC(=O)C(N)CO)C(=O)O. The molecular weight excluding hydrogens is 422 g/mol. The maximum Gasteiger partial charge on any atom is 0.326 e. The van der Waals surface area contributed by atoms with Crippen LogP contribution < -0.4 is 27.4 Å². The molecule has 0 radical (unpaired) electrons. The van der Waals surface area contributed by atoms with Crippen LogP contribution in [0.3, 0.4) is 0 Å². The molecule has 12 heteroatoms. The zero-order valence-electron chi connectivity index (χ0n) is 19.1. The summed E-state index contributed by atoms with van der Waals surface area (Å²) in [6, 6.07) is -4.71. The van der Waals surface area contributed by atoms with Crippen molar-refractivity contribution in [2.24, 2.45) is 23.3 Å². The number of aliphatic hydroxyl groups is 1. The Morgan fingerprint density at radius 2 is 1.22 bits per heavy atom. The lowest BCUT2D eigenvalue weighted by molar-refractivity contribution is -0.143. The Labute approximate surface area is 187 Å². The molecule has 4 amide bonds. The summed E-state index contributed by atoms with van der Waals surface area (Å²) in [4.78, 5) is 60.2. The van der Waals surface area contributed by atoms with Crippen molar-refractivity contribution in [2.45, 2.75) is 77.5 Å². The van der Waals surface area contributed by atoms with E-state index in [-0.39, 0.29) is 37.5 Å². The molecule has 0 saturated carbocycles. The highest BCUT2D eigenvalue weighted by molar-refractivity contribution is 5.94. The van der Waals surface area contributed by atoms with Gasteiger partial charge in [0, 0.05) is 6.42 Å². The van der Waals surface area contributed by atoms with Crippen molar-refractivity contribution >= 4 is 29.6 Å². The molecule has 0 aromatic heterocycles. The number of hydrogen-bond acceptors (Lipinski definition) is 7. The second kappa shape index (κ2) is 14.4. The highest BCUT2D eigenvalue weighted by atomic mass is 16.4. The monoisotopic (exact) mass is 459 g/mol. The minimum Gasteiger partial charge on any atom is -0.480 e. The lowest BCUT2D eigenvalue weighted by Gasteiger charge is -2.26. The summed E-state index contributed by atoms with van der Waals surface area (Å²) in [5.74, 6) is -4.15. The van der Waals surface area contributed by atoms with Crippen LogP contribution in [0.4, 0.5) is 0 Å². The normalized spacial score (nSPS) is 14.9. The van der Waals surface area contributed by atoms with Gasteiger partial charge in [-0.25, -0.2) is 4.79 Å². The molecule has 4 atom stereocenters. The van der Waals surface area contributed by atoms with Crippen molar-refractivity contribution in [2.75, 3.05) is 6.61 Å². The summed E-state index contributed by atoms with van der Waals surface area (Å²) < 4.78 is 0. The van der Waals surface area contributed by atoms with Crippen molar-refractivity contribution in [3.8, 4) is 0 Å². The fourth-order valence-electron chi connectivity index (χ4n) is 2.86. The number of hydrogen-bond donors (Lipinski definition) is 7. The molecule has 0 aromatic rings. The molecule has 12 nitrogen and oxygen atoms in total. The topological polar surface area (TPSA) is 214 Å². The first-order chi connectivity index (χ1) is 14.8. The molecule has 0 fully saturated rings. The number of rotatable bonds is 15. The van der Waals surface area contributed by atoms with E-state index >= 15 is 0 Å². The van der Waals surface area contributed by atoms with E-state index in [2.05, 4.69) is 16.0 Å². The predicted molar refractivity (Wildman–Crippen MR) is 116 cm³/mol. The Kier molecular flexibility index (Phi) is 13.1. The van der Waals surface area contributed by atoms with Crippen molar-refractivity contribution in [3.63, 3.8) is 0 Å². The van der Waals surface area contributed by atoms with Crippen molar-refractivity contribution in [1.29, 1.82) is 0 Å². The van der Waals surface area contributed by atoms with Crippen LogP contribution in [0.2, 0.25) is 0 Å². The van der Waals surface area contributed by atoms with Crippen LogP contribution in [-0.2, 0) is 24.0 Å². The van der Waals surface area contributed by atoms with Crippen molar-refractivity contribution in [3.05, 3.63) is 0 Å². The largest absolute Gasteiger partial charge is 0.480 e. The van der Waals surface area contributed by atoms with E-state index in [1.807, 2.05) is 27.7 Å². The van der Waals surface area contributed by atoms with Gasteiger partial charge in [0.05, 0.1) is 6.61 Å². The van der Waals surface area contributed by atoms with E-state index in [0.29, 0.717) is 0 Å². The van der Waals surface area contributed by atoms with Crippen LogP contribution in [-0.4, -0.2) is 70.6 Å². The first kappa shape index (κ1) is 29.3. The molecule has 0 aliphatic rings. The summed E-state index contributed by atoms with van der Waals surface area (Å²) in [6.45, 7) is 6.63. The number of carboxylic acids is 1. The molecule has 0 bridgehead atoms. The quantitative estimate of drug-likeness (QED) is 0.148. The van der Waals surface area contributed by atoms with Gasteiger partial charge in [0.1, 0.15) is 24.2 Å². The zero-order valence-corrected chi connectivity index (χ0v) is 19.1. The third kappa shape index (κ3) is 11.6. The Bertz CT molecular complexity index is 669. The van der Waals surface area contributed by atoms with Gasteiger partial charge in [-0.3, -0.25) is 19.2 Å². The summed E-state index contributed by atoms with van der Waals surface area (Å²) in [7, 11) is 0. The van der Waals surface area contributed by atoms with Crippen LogP contribution in [0.15, 0.2) is 0 Å². The van der Waals surface area contributed by atoms with Crippen LogP contribution in [0, 0.1) is 11.8 Å². The highest BCUT2D eigenvalue weighted by Gasteiger charge is 2.31. The van der Waals surface area contributed by atoms with Crippen molar-refractivity contribution < 1.29 is 34.2 Å². The molecule has 0 rings (SSSR count). The lowest BCUT2D eigenvalue weighted by Crippen LogP contribution is -2.57. The summed E-state index contributed by atoms with van der Waals surface area (Å²) in [6.07, 6.45) is 0.0490. The summed E-state index contributed by atoms with van der Waals surface area (Å²) in [5, 5.41) is 25.7. The maximum atomic E-state index is 12.8. The van der Waals surface area contributed by atoms with Crippen LogP contribution in [0.25, 0.3) is 0 Å². The van der Waals surface area contributed by atoms with Crippen LogP contribution in [0.1, 0.15) is 53.4 Å². The minimum atomic E-state index is -1.28. The molecule has 4 unspecified atom stereocenters. The van der Waals surface area contributed by atoms with Gasteiger partial charge in [-0.15, -0.1) is 0 Å². The molecule has 184 valence electrons. The third-order valence-electron chi connectivity index (χ3n) is 4.51. The van der Waals surface area contributed by atoms with Crippen LogP contribution in [0.5, 0.6) is 0 Å². The van der Waals surface area contributed by atoms with Gasteiger partial charge < -0.3 is 37.6 Å². The van der Waals surface area contributed by atoms with Gasteiger partial charge in [0.25, 0.3) is 0 Å². The molecule has 9 N–H and O–H groups in total. The number of nitrogens with one attached hydrogen (secondary N) is 3. The number of aliphatic hydroxyl groups excluding tert-OH is 1. The highest BCUT2D eigenvalue weighted by Crippen LogP contribution is 2.10. The fourth-order valence-corrected chi connectivity index (χ4v) is 2.86. The molecule has 0 spiro atoms. The molecule has 0 aliphatic heterocycles. The Balaban J connectivity index is 5.51. The number of primary amides is 1. The number of carboxylic acid groups (broad SMARTS) is 1. The molecule has 0 aromatic carbocycles. The van der Waals surface area contributed by atoms with Crippen LogP contribution >= 0.6 is 0 Å². The first-order valence-corrected chi connectivity index (χ1v) is 10.6. The van der Waals surface area contributed by atoms with E-state index in [0.717, 1.165) is 0 Å². The maximum absolute atomic E-state index is 12.8. The average Bonchev–Trinajstić information content (AvgIpc) is 2.67. The molecule has 0 heterocycles. The second-order valence-corrected chi connectivity index (χ2v) is 8.57. The van der Waals surface area contributed by atoms with E-state index < -0.39 is 60.4 Å². The van der Waals surface area contributed by atoms with Gasteiger partial charge in [-0.2, -0.15) is 0 Å². The standard InChI is InChI=1S/C20H37N5O7/c1-10(2)7-14(19(30)25-15(20(31)32)8-11(3)4)24-18(29)13(5-6-16(22)27)23-17(28)12(21)9-26/h10-15,26H,5-9,21H2,1-4H3,(H2,22,27)(H,23,28)(H,24,29)(H,25,30)(H,31,32). The third-order valence-corrected chi connectivity index (χ3v) is 4.51. The van der Waals surface area contributed by atoms with Gasteiger partial charge >= 0.3 is 5.97 Å². The molecule has 0 saturated heterocycles. The van der Waals surface area contributed by atoms with E-state index in [1.165, 1.54) is 0 Å². The minimum absolute atomic E-state index is 0.0127. The average molecular weight is 460 g/mol. The lowest BCUT2D eigenvalue weighted by atomic mass is 10.00. The molecular formula is C20H37N5O7. The Hall–Kier alpha value is -2.73. The van der Waals surface area contributed by atoms with E-state index in [4.69, 9.17) is 16.6 Å². The second-order valence-electron chi connectivity index (χ2n) is 8.57. The van der Waals surface area contributed by atoms with E-state index in [1.54, 1.807) is 0 Å². The summed E-state index contributed by atoms with van der Waals surface area (Å²) in [5.41, 5.74) is 10.6. The van der Waals surface area contributed by atoms with Gasteiger partial charge in [-0.1, -0.05) is 27.7 Å². The van der Waals surface area contributed by atoms with Gasteiger partial charge in [0.15, 0.2) is 0 Å². The number of amides is 4. The molecule has 32 heavy (non-hydrogen) atoms. The van der Waals surface area contributed by atoms with Gasteiger partial charge in [0.2, 0.25) is 23.6 Å². The van der Waals surface area contributed by atoms with Crippen molar-refractivity contribution in [1.82, 2.24) is 16.0 Å². The number of carbonyl (C=O) groups excluding carboxylic acids is 4. The summed E-state index contributed by atoms with van der Waals surface area (Å²) >= 11 is 0. The van der Waals surface area contributed by atoms with Gasteiger partial charge in [-0.05, 0) is 31.1 Å². The zero-order chi connectivity index (χ0) is 25.0.